The minimum absolute atomic E-state index is 0.205. The van der Waals surface area contributed by atoms with Crippen LogP contribution < -0.4 is 9.62 Å². The van der Waals surface area contributed by atoms with Gasteiger partial charge in [0.1, 0.15) is 0 Å². The van der Waals surface area contributed by atoms with Gasteiger partial charge in [0.15, 0.2) is 0 Å². The summed E-state index contributed by atoms with van der Waals surface area (Å²) in [6.45, 7) is 2.38. The lowest BCUT2D eigenvalue weighted by Crippen LogP contribution is -2.29. The molecule has 0 saturated carbocycles. The number of aryl methyl sites for hydroxylation is 1. The Hall–Kier alpha value is -2.64. The van der Waals surface area contributed by atoms with Crippen molar-refractivity contribution in [1.82, 2.24) is 0 Å². The van der Waals surface area contributed by atoms with Gasteiger partial charge in [-0.3, -0.25) is 9.10 Å². The Morgan fingerprint density at radius 2 is 1.85 bits per heavy atom. The molecule has 0 radical (unpaired) electrons. The first kappa shape index (κ1) is 17.8. The number of para-hydroxylation sites is 1. The van der Waals surface area contributed by atoms with Crippen molar-refractivity contribution in [2.24, 2.45) is 0 Å². The molecule has 0 spiro atoms. The fraction of sp³-hybridized carbons (Fsp3) is 0.150. The lowest BCUT2D eigenvalue weighted by atomic mass is 10.2. The molecule has 5 nitrogen and oxygen atoms in total. The zero-order chi connectivity index (χ0) is 19.0. The predicted molar refractivity (Wildman–Crippen MR) is 108 cm³/mol. The summed E-state index contributed by atoms with van der Waals surface area (Å²) >= 11 is 1.51. The number of anilines is 2. The summed E-state index contributed by atoms with van der Waals surface area (Å²) < 4.78 is 27.4. The fourth-order valence-corrected chi connectivity index (χ4v) is 5.35. The number of amides is 1. The van der Waals surface area contributed by atoms with Gasteiger partial charge in [0.2, 0.25) is 0 Å². The Morgan fingerprint density at radius 1 is 1.11 bits per heavy atom. The first-order valence-electron chi connectivity index (χ1n) is 8.52. The second kappa shape index (κ2) is 6.83. The first-order chi connectivity index (χ1) is 12.9. The van der Waals surface area contributed by atoms with Crippen LogP contribution >= 0.6 is 11.3 Å². The SMILES string of the molecule is Cc1cc(C(=O)Nc2ccc(S(=O)(=O)N3CCc4ccccc43)cc2)cs1. The average molecular weight is 399 g/mol. The van der Waals surface area contributed by atoms with Crippen LogP contribution in [0, 0.1) is 6.92 Å². The number of hydrogen-bond donors (Lipinski definition) is 1. The summed E-state index contributed by atoms with van der Waals surface area (Å²) in [6.07, 6.45) is 0.712. The quantitative estimate of drug-likeness (QED) is 0.721. The molecule has 0 fully saturated rings. The Balaban J connectivity index is 1.54. The summed E-state index contributed by atoms with van der Waals surface area (Å²) in [5, 5.41) is 4.59. The molecule has 1 N–H and O–H groups in total. The predicted octanol–water partition coefficient (Wildman–Crippen LogP) is 4.06. The van der Waals surface area contributed by atoms with Crippen LogP contribution in [0.3, 0.4) is 0 Å². The molecule has 1 aromatic heterocycles. The number of nitrogens with zero attached hydrogens (tertiary/aromatic N) is 1. The monoisotopic (exact) mass is 398 g/mol. The van der Waals surface area contributed by atoms with Crippen LogP contribution in [-0.2, 0) is 16.4 Å². The van der Waals surface area contributed by atoms with E-state index in [-0.39, 0.29) is 10.8 Å². The van der Waals surface area contributed by atoms with Crippen LogP contribution in [-0.4, -0.2) is 20.9 Å². The smallest absolute Gasteiger partial charge is 0.264 e. The average Bonchev–Trinajstić information content (AvgIpc) is 3.29. The van der Waals surface area contributed by atoms with E-state index in [1.54, 1.807) is 17.5 Å². The van der Waals surface area contributed by atoms with E-state index in [1.807, 2.05) is 37.3 Å². The van der Waals surface area contributed by atoms with E-state index < -0.39 is 10.0 Å². The van der Waals surface area contributed by atoms with Crippen molar-refractivity contribution in [2.45, 2.75) is 18.2 Å². The molecule has 2 aromatic carbocycles. The van der Waals surface area contributed by atoms with Gasteiger partial charge in [0, 0.05) is 22.5 Å². The van der Waals surface area contributed by atoms with Gasteiger partial charge in [-0.15, -0.1) is 11.3 Å². The third-order valence-corrected chi connectivity index (χ3v) is 7.23. The Morgan fingerprint density at radius 3 is 2.56 bits per heavy atom. The maximum atomic E-state index is 13.0. The van der Waals surface area contributed by atoms with Crippen molar-refractivity contribution in [3.05, 3.63) is 76.0 Å². The summed E-state index contributed by atoms with van der Waals surface area (Å²) in [5.74, 6) is -0.205. The van der Waals surface area contributed by atoms with E-state index >= 15 is 0 Å². The van der Waals surface area contributed by atoms with Gasteiger partial charge in [0.25, 0.3) is 15.9 Å². The lowest BCUT2D eigenvalue weighted by Gasteiger charge is -2.19. The van der Waals surface area contributed by atoms with E-state index in [0.717, 1.165) is 16.1 Å². The third-order valence-electron chi connectivity index (χ3n) is 4.54. The number of thiophene rings is 1. The molecular formula is C20H18N2O3S2. The van der Waals surface area contributed by atoms with E-state index in [0.29, 0.717) is 24.2 Å². The minimum Gasteiger partial charge on any atom is -0.322 e. The largest absolute Gasteiger partial charge is 0.322 e. The van der Waals surface area contributed by atoms with Crippen LogP contribution in [0.2, 0.25) is 0 Å². The number of hydrogen-bond acceptors (Lipinski definition) is 4. The maximum Gasteiger partial charge on any atom is 0.264 e. The maximum absolute atomic E-state index is 13.0. The van der Waals surface area contributed by atoms with Gasteiger partial charge in [0.05, 0.1) is 16.1 Å². The van der Waals surface area contributed by atoms with E-state index in [4.69, 9.17) is 0 Å². The molecule has 0 bridgehead atoms. The van der Waals surface area contributed by atoms with Crippen molar-refractivity contribution < 1.29 is 13.2 Å². The van der Waals surface area contributed by atoms with Crippen LogP contribution in [0.15, 0.2) is 64.9 Å². The molecule has 3 aromatic rings. The lowest BCUT2D eigenvalue weighted by molar-refractivity contribution is 0.102. The second-order valence-electron chi connectivity index (χ2n) is 6.38. The Kier molecular flexibility index (Phi) is 4.49. The number of fused-ring (bicyclic) bond motifs is 1. The Labute approximate surface area is 162 Å². The molecule has 4 rings (SSSR count). The third kappa shape index (κ3) is 3.36. The van der Waals surface area contributed by atoms with Crippen LogP contribution in [0.25, 0.3) is 0 Å². The van der Waals surface area contributed by atoms with Gasteiger partial charge >= 0.3 is 0 Å². The first-order valence-corrected chi connectivity index (χ1v) is 10.8. The molecular weight excluding hydrogens is 380 g/mol. The van der Waals surface area contributed by atoms with Crippen molar-refractivity contribution in [2.75, 3.05) is 16.2 Å². The molecule has 7 heteroatoms. The van der Waals surface area contributed by atoms with Crippen molar-refractivity contribution in [3.8, 4) is 0 Å². The molecule has 1 aliphatic rings. The van der Waals surface area contributed by atoms with Gasteiger partial charge in [-0.2, -0.15) is 0 Å². The van der Waals surface area contributed by atoms with E-state index in [1.165, 1.54) is 27.8 Å². The summed E-state index contributed by atoms with van der Waals surface area (Å²) in [7, 11) is -3.62. The standard InChI is InChI=1S/C20H18N2O3S2/c1-14-12-16(13-26-14)20(23)21-17-6-8-18(9-7-17)27(24,25)22-11-10-15-4-2-3-5-19(15)22/h2-9,12-13H,10-11H2,1H3,(H,21,23). The highest BCUT2D eigenvalue weighted by Crippen LogP contribution is 2.32. The molecule has 0 aliphatic carbocycles. The number of nitrogens with one attached hydrogen (secondary N) is 1. The second-order valence-corrected chi connectivity index (χ2v) is 9.36. The van der Waals surface area contributed by atoms with Gasteiger partial charge in [-0.25, -0.2) is 8.42 Å². The highest BCUT2D eigenvalue weighted by Gasteiger charge is 2.30. The van der Waals surface area contributed by atoms with Gasteiger partial charge in [-0.1, -0.05) is 18.2 Å². The number of benzene rings is 2. The van der Waals surface area contributed by atoms with Crippen LogP contribution in [0.4, 0.5) is 11.4 Å². The molecule has 27 heavy (non-hydrogen) atoms. The highest BCUT2D eigenvalue weighted by atomic mass is 32.2. The molecule has 0 atom stereocenters. The molecule has 0 unspecified atom stereocenters. The van der Waals surface area contributed by atoms with E-state index in [2.05, 4.69) is 5.32 Å². The highest BCUT2D eigenvalue weighted by molar-refractivity contribution is 7.92. The van der Waals surface area contributed by atoms with Gasteiger partial charge < -0.3 is 5.32 Å². The summed E-state index contributed by atoms with van der Waals surface area (Å²) in [4.78, 5) is 13.5. The summed E-state index contributed by atoms with van der Waals surface area (Å²) in [5.41, 5.74) is 2.94. The zero-order valence-electron chi connectivity index (χ0n) is 14.7. The molecule has 1 aliphatic heterocycles. The number of carbonyl (C=O) groups is 1. The number of sulfonamides is 1. The zero-order valence-corrected chi connectivity index (χ0v) is 16.3. The van der Waals surface area contributed by atoms with Crippen LogP contribution in [0.5, 0.6) is 0 Å². The van der Waals surface area contributed by atoms with E-state index in [9.17, 15) is 13.2 Å². The number of rotatable bonds is 4. The van der Waals surface area contributed by atoms with Crippen molar-refractivity contribution in [1.29, 1.82) is 0 Å². The molecule has 0 saturated heterocycles. The minimum atomic E-state index is -3.62. The molecule has 2 heterocycles. The van der Waals surface area contributed by atoms with Gasteiger partial charge in [-0.05, 0) is 55.3 Å². The fourth-order valence-electron chi connectivity index (χ4n) is 3.16. The molecule has 138 valence electrons. The normalized spacial score (nSPS) is 13.4. The van der Waals surface area contributed by atoms with Crippen molar-refractivity contribution in [3.63, 3.8) is 0 Å². The molecule has 1 amide bonds. The Bertz CT molecular complexity index is 1100. The van der Waals surface area contributed by atoms with Crippen molar-refractivity contribution >= 4 is 38.6 Å². The number of carbonyl (C=O) groups excluding carboxylic acids is 1. The topological polar surface area (TPSA) is 66.5 Å². The summed E-state index contributed by atoms with van der Waals surface area (Å²) in [6, 6.07) is 15.7. The van der Waals surface area contributed by atoms with Crippen LogP contribution in [0.1, 0.15) is 20.8 Å².